The highest BCUT2D eigenvalue weighted by Gasteiger charge is 2.05. The molecule has 0 aliphatic rings. The van der Waals surface area contributed by atoms with Gasteiger partial charge in [0.2, 0.25) is 5.95 Å². The van der Waals surface area contributed by atoms with Crippen LogP contribution in [0.2, 0.25) is 0 Å². The van der Waals surface area contributed by atoms with Crippen LogP contribution in [0.4, 0.5) is 5.95 Å². The molecule has 0 amide bonds. The first-order chi connectivity index (χ1) is 7.70. The molecular formula is C12H17N3S. The highest BCUT2D eigenvalue weighted by atomic mass is 32.1. The molecule has 0 saturated heterocycles. The number of anilines is 1. The maximum absolute atomic E-state index is 4.42. The molecule has 2 heterocycles. The van der Waals surface area contributed by atoms with Crippen molar-refractivity contribution in [3.05, 3.63) is 33.8 Å². The van der Waals surface area contributed by atoms with E-state index in [1.54, 1.807) is 11.3 Å². The van der Waals surface area contributed by atoms with Crippen LogP contribution in [0.1, 0.15) is 23.1 Å². The zero-order chi connectivity index (χ0) is 11.5. The lowest BCUT2D eigenvalue weighted by atomic mass is 10.2. The van der Waals surface area contributed by atoms with E-state index in [4.69, 9.17) is 0 Å². The summed E-state index contributed by atoms with van der Waals surface area (Å²) in [6, 6.07) is 2.20. The van der Waals surface area contributed by atoms with Gasteiger partial charge in [0.25, 0.3) is 0 Å². The van der Waals surface area contributed by atoms with Crippen LogP contribution in [0.5, 0.6) is 0 Å². The standard InChI is InChI=1S/C12H17N3S/c1-4-10-5-6-16-11(10)7-13-12-14-9(2)8-15(12)3/h5-6,8H,4,7H2,1-3H3,(H,13,14). The third-order valence-electron chi connectivity index (χ3n) is 2.62. The average Bonchev–Trinajstić information content (AvgIpc) is 2.81. The summed E-state index contributed by atoms with van der Waals surface area (Å²) in [7, 11) is 2.01. The van der Waals surface area contributed by atoms with Crippen LogP contribution in [0.15, 0.2) is 17.6 Å². The fourth-order valence-electron chi connectivity index (χ4n) is 1.78. The zero-order valence-electron chi connectivity index (χ0n) is 9.95. The first-order valence-corrected chi connectivity index (χ1v) is 6.37. The molecule has 0 bridgehead atoms. The monoisotopic (exact) mass is 235 g/mol. The SMILES string of the molecule is CCc1ccsc1CNc1nc(C)cn1C. The Morgan fingerprint density at radius 2 is 2.31 bits per heavy atom. The summed E-state index contributed by atoms with van der Waals surface area (Å²) in [6.07, 6.45) is 3.12. The van der Waals surface area contributed by atoms with Crippen molar-refractivity contribution >= 4 is 17.3 Å². The number of hydrogen-bond acceptors (Lipinski definition) is 3. The lowest BCUT2D eigenvalue weighted by Crippen LogP contribution is -2.04. The molecular weight excluding hydrogens is 218 g/mol. The molecule has 0 unspecified atom stereocenters. The van der Waals surface area contributed by atoms with Crippen molar-refractivity contribution in [1.82, 2.24) is 9.55 Å². The predicted molar refractivity (Wildman–Crippen MR) is 69.0 cm³/mol. The van der Waals surface area contributed by atoms with Crippen LogP contribution >= 0.6 is 11.3 Å². The van der Waals surface area contributed by atoms with Gasteiger partial charge in [-0.05, 0) is 30.4 Å². The highest BCUT2D eigenvalue weighted by Crippen LogP contribution is 2.18. The fourth-order valence-corrected chi connectivity index (χ4v) is 2.69. The number of nitrogens with one attached hydrogen (secondary N) is 1. The first kappa shape index (κ1) is 11.2. The summed E-state index contributed by atoms with van der Waals surface area (Å²) < 4.78 is 2.02. The Balaban J connectivity index is 2.05. The van der Waals surface area contributed by atoms with E-state index in [0.717, 1.165) is 24.6 Å². The molecule has 2 rings (SSSR count). The zero-order valence-corrected chi connectivity index (χ0v) is 10.8. The minimum Gasteiger partial charge on any atom is -0.351 e. The van der Waals surface area contributed by atoms with E-state index in [1.807, 2.05) is 24.7 Å². The van der Waals surface area contributed by atoms with Gasteiger partial charge in [0.1, 0.15) is 0 Å². The van der Waals surface area contributed by atoms with Crippen molar-refractivity contribution in [3.8, 4) is 0 Å². The minimum atomic E-state index is 0.866. The highest BCUT2D eigenvalue weighted by molar-refractivity contribution is 7.10. The topological polar surface area (TPSA) is 29.9 Å². The van der Waals surface area contributed by atoms with E-state index in [-0.39, 0.29) is 0 Å². The van der Waals surface area contributed by atoms with Gasteiger partial charge >= 0.3 is 0 Å². The van der Waals surface area contributed by atoms with Gasteiger partial charge in [0, 0.05) is 18.1 Å². The molecule has 0 aliphatic carbocycles. The van der Waals surface area contributed by atoms with Gasteiger partial charge < -0.3 is 9.88 Å². The summed E-state index contributed by atoms with van der Waals surface area (Å²) in [5.74, 6) is 0.938. The summed E-state index contributed by atoms with van der Waals surface area (Å²) in [5, 5.41) is 5.53. The molecule has 16 heavy (non-hydrogen) atoms. The molecule has 0 saturated carbocycles. The number of nitrogens with zero attached hydrogens (tertiary/aromatic N) is 2. The molecule has 0 spiro atoms. The molecule has 0 atom stereocenters. The molecule has 2 aromatic rings. The van der Waals surface area contributed by atoms with Crippen molar-refractivity contribution in [2.24, 2.45) is 7.05 Å². The maximum Gasteiger partial charge on any atom is 0.203 e. The van der Waals surface area contributed by atoms with Crippen molar-refractivity contribution < 1.29 is 0 Å². The Hall–Kier alpha value is -1.29. The van der Waals surface area contributed by atoms with Crippen LogP contribution in [0.25, 0.3) is 0 Å². The predicted octanol–water partition coefficient (Wildman–Crippen LogP) is 2.96. The number of aryl methyl sites for hydroxylation is 3. The number of rotatable bonds is 4. The summed E-state index contributed by atoms with van der Waals surface area (Å²) in [5.41, 5.74) is 2.48. The molecule has 3 nitrogen and oxygen atoms in total. The quantitative estimate of drug-likeness (QED) is 0.883. The number of aromatic nitrogens is 2. The second-order valence-electron chi connectivity index (χ2n) is 3.89. The van der Waals surface area contributed by atoms with Crippen molar-refractivity contribution in [2.45, 2.75) is 26.8 Å². The van der Waals surface area contributed by atoms with Gasteiger partial charge in [-0.1, -0.05) is 6.92 Å². The second-order valence-corrected chi connectivity index (χ2v) is 4.89. The lowest BCUT2D eigenvalue weighted by molar-refractivity contribution is 0.900. The van der Waals surface area contributed by atoms with Gasteiger partial charge in [0.05, 0.1) is 12.2 Å². The van der Waals surface area contributed by atoms with Gasteiger partial charge in [-0.2, -0.15) is 0 Å². The molecule has 0 aromatic carbocycles. The van der Waals surface area contributed by atoms with Crippen LogP contribution < -0.4 is 5.32 Å². The summed E-state index contributed by atoms with van der Waals surface area (Å²) >= 11 is 1.81. The Bertz CT molecular complexity index is 470. The van der Waals surface area contributed by atoms with E-state index in [9.17, 15) is 0 Å². The van der Waals surface area contributed by atoms with Crippen molar-refractivity contribution in [3.63, 3.8) is 0 Å². The Labute approximate surface area is 100 Å². The van der Waals surface area contributed by atoms with E-state index in [2.05, 4.69) is 28.7 Å². The average molecular weight is 235 g/mol. The lowest BCUT2D eigenvalue weighted by Gasteiger charge is -2.05. The number of hydrogen-bond donors (Lipinski definition) is 1. The summed E-state index contributed by atoms with van der Waals surface area (Å²) in [6.45, 7) is 5.06. The van der Waals surface area contributed by atoms with Crippen LogP contribution in [0, 0.1) is 6.92 Å². The van der Waals surface area contributed by atoms with E-state index >= 15 is 0 Å². The molecule has 1 N–H and O–H groups in total. The van der Waals surface area contributed by atoms with Gasteiger partial charge in [0.15, 0.2) is 0 Å². The van der Waals surface area contributed by atoms with Gasteiger partial charge in [-0.3, -0.25) is 0 Å². The van der Waals surface area contributed by atoms with Gasteiger partial charge in [-0.25, -0.2) is 4.98 Å². The van der Waals surface area contributed by atoms with Crippen LogP contribution in [-0.2, 0) is 20.0 Å². The Morgan fingerprint density at radius 3 is 2.94 bits per heavy atom. The third-order valence-corrected chi connectivity index (χ3v) is 3.59. The molecule has 0 fully saturated rings. The number of thiophene rings is 1. The minimum absolute atomic E-state index is 0.866. The maximum atomic E-state index is 4.42. The van der Waals surface area contributed by atoms with Gasteiger partial charge in [-0.15, -0.1) is 11.3 Å². The third kappa shape index (κ3) is 2.27. The molecule has 2 aromatic heterocycles. The van der Waals surface area contributed by atoms with Crippen LogP contribution in [-0.4, -0.2) is 9.55 Å². The molecule has 4 heteroatoms. The molecule has 86 valence electrons. The fraction of sp³-hybridized carbons (Fsp3) is 0.417. The Morgan fingerprint density at radius 1 is 1.50 bits per heavy atom. The van der Waals surface area contributed by atoms with Crippen molar-refractivity contribution in [1.29, 1.82) is 0 Å². The summed E-state index contributed by atoms with van der Waals surface area (Å²) in [4.78, 5) is 5.83. The second kappa shape index (κ2) is 4.70. The van der Waals surface area contributed by atoms with Crippen LogP contribution in [0.3, 0.4) is 0 Å². The normalized spacial score (nSPS) is 10.7. The largest absolute Gasteiger partial charge is 0.351 e. The van der Waals surface area contributed by atoms with E-state index in [0.29, 0.717) is 0 Å². The number of imidazole rings is 1. The molecule has 0 aliphatic heterocycles. The molecule has 0 radical (unpaired) electrons. The van der Waals surface area contributed by atoms with E-state index < -0.39 is 0 Å². The smallest absolute Gasteiger partial charge is 0.203 e. The first-order valence-electron chi connectivity index (χ1n) is 5.49. The Kier molecular flexibility index (Phi) is 3.29. The van der Waals surface area contributed by atoms with Crippen molar-refractivity contribution in [2.75, 3.05) is 5.32 Å². The van der Waals surface area contributed by atoms with E-state index in [1.165, 1.54) is 10.4 Å².